The highest BCUT2D eigenvalue weighted by atomic mass is 19.1. The first kappa shape index (κ1) is 9.66. The van der Waals surface area contributed by atoms with Gasteiger partial charge in [-0.1, -0.05) is 19.1 Å². The Bertz CT molecular complexity index is 288. The normalized spacial score (nSPS) is 23.7. The number of nitrogens with one attached hydrogen (secondary N) is 1. The molecule has 0 radical (unpaired) electrons. The Kier molecular flexibility index (Phi) is 2.82. The van der Waals surface area contributed by atoms with Crippen LogP contribution in [0, 0.1) is 11.7 Å². The zero-order chi connectivity index (χ0) is 9.97. The van der Waals surface area contributed by atoms with E-state index < -0.39 is 0 Å². The monoisotopic (exact) mass is 193 g/mol. The van der Waals surface area contributed by atoms with Gasteiger partial charge in [0.25, 0.3) is 0 Å². The summed E-state index contributed by atoms with van der Waals surface area (Å²) in [6, 6.07) is 6.90. The Hall–Kier alpha value is -0.890. The molecule has 1 aliphatic rings. The molecule has 2 unspecified atom stereocenters. The molecule has 0 amide bonds. The van der Waals surface area contributed by atoms with Crippen LogP contribution in [0.25, 0.3) is 0 Å². The van der Waals surface area contributed by atoms with E-state index in [4.69, 9.17) is 0 Å². The van der Waals surface area contributed by atoms with Gasteiger partial charge in [-0.3, -0.25) is 0 Å². The van der Waals surface area contributed by atoms with Crippen molar-refractivity contribution in [1.29, 1.82) is 0 Å². The van der Waals surface area contributed by atoms with Crippen molar-refractivity contribution in [3.05, 3.63) is 35.6 Å². The molecular weight excluding hydrogens is 177 g/mol. The fourth-order valence-electron chi connectivity index (χ4n) is 2.14. The largest absolute Gasteiger partial charge is 0.316 e. The molecule has 1 nitrogen and oxygen atoms in total. The van der Waals surface area contributed by atoms with E-state index in [2.05, 4.69) is 12.2 Å². The smallest absolute Gasteiger partial charge is 0.123 e. The van der Waals surface area contributed by atoms with Gasteiger partial charge in [0.05, 0.1) is 0 Å². The van der Waals surface area contributed by atoms with Crippen molar-refractivity contribution in [2.45, 2.75) is 19.3 Å². The average molecular weight is 193 g/mol. The van der Waals surface area contributed by atoms with Gasteiger partial charge in [-0.2, -0.15) is 0 Å². The minimum atomic E-state index is -0.148. The third kappa shape index (κ3) is 1.95. The predicted molar refractivity (Wildman–Crippen MR) is 55.8 cm³/mol. The third-order valence-corrected chi connectivity index (χ3v) is 3.20. The molecule has 1 heterocycles. The Balaban J connectivity index is 2.09. The molecule has 0 aliphatic carbocycles. The number of benzene rings is 1. The van der Waals surface area contributed by atoms with Gasteiger partial charge in [0.2, 0.25) is 0 Å². The van der Waals surface area contributed by atoms with Crippen molar-refractivity contribution in [1.82, 2.24) is 5.32 Å². The van der Waals surface area contributed by atoms with E-state index in [0.29, 0.717) is 11.8 Å². The summed E-state index contributed by atoms with van der Waals surface area (Å²) in [6.07, 6.45) is 1.23. The summed E-state index contributed by atoms with van der Waals surface area (Å²) in [5.74, 6) is 1.09. The molecule has 2 heteroatoms. The van der Waals surface area contributed by atoms with E-state index in [9.17, 15) is 4.39 Å². The third-order valence-electron chi connectivity index (χ3n) is 3.20. The summed E-state index contributed by atoms with van der Waals surface area (Å²) in [4.78, 5) is 0. The molecule has 0 saturated carbocycles. The first-order valence-electron chi connectivity index (χ1n) is 5.23. The molecule has 1 saturated heterocycles. The van der Waals surface area contributed by atoms with E-state index in [-0.39, 0.29) is 5.82 Å². The molecule has 0 bridgehead atoms. The molecule has 0 aromatic heterocycles. The van der Waals surface area contributed by atoms with Crippen molar-refractivity contribution in [3.8, 4) is 0 Å². The van der Waals surface area contributed by atoms with Gasteiger partial charge < -0.3 is 5.32 Å². The van der Waals surface area contributed by atoms with Gasteiger partial charge in [-0.05, 0) is 49.0 Å². The van der Waals surface area contributed by atoms with Crippen molar-refractivity contribution in [2.24, 2.45) is 5.92 Å². The minimum absolute atomic E-state index is 0.148. The van der Waals surface area contributed by atoms with Crippen LogP contribution < -0.4 is 5.32 Å². The van der Waals surface area contributed by atoms with Gasteiger partial charge in [-0.25, -0.2) is 4.39 Å². The molecule has 1 fully saturated rings. The van der Waals surface area contributed by atoms with Crippen molar-refractivity contribution in [3.63, 3.8) is 0 Å². The molecule has 1 aliphatic heterocycles. The molecular formula is C12H16FN. The SMILES string of the molecule is CC(c1ccc(F)cc1)C1CCNC1. The molecule has 14 heavy (non-hydrogen) atoms. The summed E-state index contributed by atoms with van der Waals surface area (Å²) < 4.78 is 12.7. The van der Waals surface area contributed by atoms with Gasteiger partial charge in [0, 0.05) is 0 Å². The Labute approximate surface area is 84.3 Å². The van der Waals surface area contributed by atoms with Crippen molar-refractivity contribution >= 4 is 0 Å². The van der Waals surface area contributed by atoms with Gasteiger partial charge in [-0.15, -0.1) is 0 Å². The second-order valence-electron chi connectivity index (χ2n) is 4.09. The summed E-state index contributed by atoms with van der Waals surface area (Å²) in [6.45, 7) is 4.44. The van der Waals surface area contributed by atoms with E-state index in [0.717, 1.165) is 13.1 Å². The fourth-order valence-corrected chi connectivity index (χ4v) is 2.14. The lowest BCUT2D eigenvalue weighted by Gasteiger charge is -2.18. The van der Waals surface area contributed by atoms with Crippen LogP contribution in [0.3, 0.4) is 0 Å². The minimum Gasteiger partial charge on any atom is -0.316 e. The highest BCUT2D eigenvalue weighted by molar-refractivity contribution is 5.20. The van der Waals surface area contributed by atoms with Gasteiger partial charge >= 0.3 is 0 Å². The number of hydrogen-bond acceptors (Lipinski definition) is 1. The highest BCUT2D eigenvalue weighted by Gasteiger charge is 2.22. The number of halogens is 1. The van der Waals surface area contributed by atoms with Crippen molar-refractivity contribution < 1.29 is 4.39 Å². The summed E-state index contributed by atoms with van der Waals surface area (Å²) >= 11 is 0. The molecule has 1 aromatic rings. The second kappa shape index (κ2) is 4.09. The standard InChI is InChI=1S/C12H16FN/c1-9(11-6-7-14-8-11)10-2-4-12(13)5-3-10/h2-5,9,11,14H,6-8H2,1H3. The predicted octanol–water partition coefficient (Wildman–Crippen LogP) is 2.54. The molecule has 1 N–H and O–H groups in total. The fraction of sp³-hybridized carbons (Fsp3) is 0.500. The Morgan fingerprint density at radius 2 is 2.07 bits per heavy atom. The van der Waals surface area contributed by atoms with E-state index in [1.54, 1.807) is 12.1 Å². The maximum absolute atomic E-state index is 12.7. The van der Waals surface area contributed by atoms with Gasteiger partial charge in [0.15, 0.2) is 0 Å². The molecule has 1 aromatic carbocycles. The maximum atomic E-state index is 12.7. The quantitative estimate of drug-likeness (QED) is 0.761. The lowest BCUT2D eigenvalue weighted by atomic mass is 9.87. The summed E-state index contributed by atoms with van der Waals surface area (Å²) in [5.41, 5.74) is 1.25. The highest BCUT2D eigenvalue weighted by Crippen LogP contribution is 2.28. The van der Waals surface area contributed by atoms with Gasteiger partial charge in [0.1, 0.15) is 5.82 Å². The molecule has 76 valence electrons. The maximum Gasteiger partial charge on any atom is 0.123 e. The van der Waals surface area contributed by atoms with Crippen LogP contribution in [-0.2, 0) is 0 Å². The van der Waals surface area contributed by atoms with Crippen LogP contribution in [-0.4, -0.2) is 13.1 Å². The van der Waals surface area contributed by atoms with Crippen LogP contribution in [0.2, 0.25) is 0 Å². The lowest BCUT2D eigenvalue weighted by Crippen LogP contribution is -2.14. The van der Waals surface area contributed by atoms with E-state index in [1.165, 1.54) is 12.0 Å². The van der Waals surface area contributed by atoms with Crippen LogP contribution in [0.15, 0.2) is 24.3 Å². The van der Waals surface area contributed by atoms with Crippen LogP contribution in [0.5, 0.6) is 0 Å². The Morgan fingerprint density at radius 1 is 1.36 bits per heavy atom. The van der Waals surface area contributed by atoms with E-state index >= 15 is 0 Å². The summed E-state index contributed by atoms with van der Waals surface area (Å²) in [7, 11) is 0. The van der Waals surface area contributed by atoms with Crippen LogP contribution in [0.4, 0.5) is 4.39 Å². The van der Waals surface area contributed by atoms with E-state index in [1.807, 2.05) is 12.1 Å². The van der Waals surface area contributed by atoms with Crippen LogP contribution in [0.1, 0.15) is 24.8 Å². The zero-order valence-electron chi connectivity index (χ0n) is 8.46. The second-order valence-corrected chi connectivity index (χ2v) is 4.09. The molecule has 0 spiro atoms. The molecule has 2 rings (SSSR count). The lowest BCUT2D eigenvalue weighted by molar-refractivity contribution is 0.486. The number of rotatable bonds is 2. The van der Waals surface area contributed by atoms with Crippen LogP contribution >= 0.6 is 0 Å². The van der Waals surface area contributed by atoms with Crippen molar-refractivity contribution in [2.75, 3.05) is 13.1 Å². The zero-order valence-corrected chi connectivity index (χ0v) is 8.46. The first-order chi connectivity index (χ1) is 6.77. The first-order valence-corrected chi connectivity index (χ1v) is 5.23. The average Bonchev–Trinajstić information content (AvgIpc) is 2.71. The Morgan fingerprint density at radius 3 is 2.64 bits per heavy atom. The molecule has 2 atom stereocenters. The summed E-state index contributed by atoms with van der Waals surface area (Å²) in [5, 5.41) is 3.36. The topological polar surface area (TPSA) is 12.0 Å². The number of hydrogen-bond donors (Lipinski definition) is 1.